The Kier molecular flexibility index (Phi) is 3.27. The van der Waals surface area contributed by atoms with Gasteiger partial charge in [-0.15, -0.1) is 11.3 Å². The Morgan fingerprint density at radius 3 is 2.74 bits per heavy atom. The first-order valence-corrected chi connectivity index (χ1v) is 7.10. The van der Waals surface area contributed by atoms with Gasteiger partial charge >= 0.3 is 0 Å². The van der Waals surface area contributed by atoms with Crippen LogP contribution in [-0.2, 0) is 0 Å². The molecule has 3 nitrogen and oxygen atoms in total. The highest BCUT2D eigenvalue weighted by atomic mass is 32.1. The van der Waals surface area contributed by atoms with Crippen molar-refractivity contribution in [2.75, 3.05) is 7.05 Å². The number of fused-ring (bicyclic) bond motifs is 1. The maximum absolute atomic E-state index is 4.49. The number of nitrogens with zero attached hydrogens (tertiary/aromatic N) is 2. The van der Waals surface area contributed by atoms with E-state index in [1.807, 2.05) is 19.2 Å². The van der Waals surface area contributed by atoms with Gasteiger partial charge in [0.05, 0.1) is 17.1 Å². The summed E-state index contributed by atoms with van der Waals surface area (Å²) in [5.41, 5.74) is 4.40. The van der Waals surface area contributed by atoms with Gasteiger partial charge in [0.1, 0.15) is 0 Å². The lowest BCUT2D eigenvalue weighted by molar-refractivity contribution is 0.704. The SMILES string of the molecule is CNC(c1sccc1C)c1cccc2nccnc12. The second kappa shape index (κ2) is 5.07. The minimum Gasteiger partial charge on any atom is -0.309 e. The number of aryl methyl sites for hydroxylation is 1. The third-order valence-electron chi connectivity index (χ3n) is 3.29. The maximum atomic E-state index is 4.49. The second-order valence-electron chi connectivity index (χ2n) is 4.46. The molecule has 1 unspecified atom stereocenters. The number of aromatic nitrogens is 2. The Balaban J connectivity index is 2.20. The smallest absolute Gasteiger partial charge is 0.0938 e. The zero-order chi connectivity index (χ0) is 13.2. The standard InChI is InChI=1S/C15H15N3S/c1-10-6-9-19-15(10)14(16-2)11-4-3-5-12-13(11)18-8-7-17-12/h3-9,14,16H,1-2H3. The topological polar surface area (TPSA) is 37.8 Å². The van der Waals surface area contributed by atoms with Gasteiger partial charge in [0.25, 0.3) is 0 Å². The predicted molar refractivity (Wildman–Crippen MR) is 79.5 cm³/mol. The van der Waals surface area contributed by atoms with E-state index in [1.165, 1.54) is 16.0 Å². The molecule has 2 aromatic heterocycles. The molecular weight excluding hydrogens is 254 g/mol. The number of benzene rings is 1. The first-order valence-electron chi connectivity index (χ1n) is 6.22. The third kappa shape index (κ3) is 2.13. The van der Waals surface area contributed by atoms with E-state index >= 15 is 0 Å². The van der Waals surface area contributed by atoms with Gasteiger partial charge in [0.2, 0.25) is 0 Å². The van der Waals surface area contributed by atoms with Crippen LogP contribution in [0.25, 0.3) is 11.0 Å². The van der Waals surface area contributed by atoms with Gasteiger partial charge in [0, 0.05) is 22.8 Å². The largest absolute Gasteiger partial charge is 0.309 e. The average molecular weight is 269 g/mol. The van der Waals surface area contributed by atoms with Crippen LogP contribution in [0, 0.1) is 6.92 Å². The van der Waals surface area contributed by atoms with Crippen LogP contribution >= 0.6 is 11.3 Å². The van der Waals surface area contributed by atoms with Crippen LogP contribution in [0.4, 0.5) is 0 Å². The van der Waals surface area contributed by atoms with Crippen molar-refractivity contribution in [3.8, 4) is 0 Å². The van der Waals surface area contributed by atoms with Gasteiger partial charge in [-0.05, 0) is 37.0 Å². The Bertz CT molecular complexity index is 700. The Hall–Kier alpha value is -1.78. The van der Waals surface area contributed by atoms with Gasteiger partial charge in [-0.1, -0.05) is 12.1 Å². The third-order valence-corrected chi connectivity index (χ3v) is 4.38. The van der Waals surface area contributed by atoms with Gasteiger partial charge in [0.15, 0.2) is 0 Å². The van der Waals surface area contributed by atoms with Crippen molar-refractivity contribution in [2.24, 2.45) is 0 Å². The van der Waals surface area contributed by atoms with Crippen molar-refractivity contribution in [3.63, 3.8) is 0 Å². The first kappa shape index (κ1) is 12.3. The van der Waals surface area contributed by atoms with Crippen LogP contribution in [0.2, 0.25) is 0 Å². The molecule has 0 saturated carbocycles. The molecule has 0 aliphatic rings. The molecule has 1 atom stereocenters. The summed E-state index contributed by atoms with van der Waals surface area (Å²) in [6, 6.07) is 8.48. The van der Waals surface area contributed by atoms with Crippen molar-refractivity contribution in [2.45, 2.75) is 13.0 Å². The summed E-state index contributed by atoms with van der Waals surface area (Å²) in [7, 11) is 1.99. The Labute approximate surface area is 116 Å². The fraction of sp³-hybridized carbons (Fsp3) is 0.200. The minimum absolute atomic E-state index is 0.167. The molecule has 0 radical (unpaired) electrons. The van der Waals surface area contributed by atoms with Gasteiger partial charge in [-0.2, -0.15) is 0 Å². The van der Waals surface area contributed by atoms with Crippen LogP contribution in [0.15, 0.2) is 42.0 Å². The lowest BCUT2D eigenvalue weighted by Crippen LogP contribution is -2.18. The molecule has 0 spiro atoms. The normalized spacial score (nSPS) is 12.7. The number of rotatable bonds is 3. The molecule has 0 amide bonds. The van der Waals surface area contributed by atoms with Crippen LogP contribution in [0.5, 0.6) is 0 Å². The zero-order valence-electron chi connectivity index (χ0n) is 10.9. The van der Waals surface area contributed by atoms with Crippen molar-refractivity contribution < 1.29 is 0 Å². The van der Waals surface area contributed by atoms with Crippen molar-refractivity contribution in [1.82, 2.24) is 15.3 Å². The molecule has 0 aliphatic carbocycles. The van der Waals surface area contributed by atoms with Gasteiger partial charge < -0.3 is 5.32 Å². The highest BCUT2D eigenvalue weighted by molar-refractivity contribution is 7.10. The minimum atomic E-state index is 0.167. The molecule has 1 aromatic carbocycles. The van der Waals surface area contributed by atoms with Crippen LogP contribution in [-0.4, -0.2) is 17.0 Å². The molecule has 1 N–H and O–H groups in total. The van der Waals surface area contributed by atoms with E-state index in [2.05, 4.69) is 39.7 Å². The van der Waals surface area contributed by atoms with E-state index in [4.69, 9.17) is 0 Å². The molecule has 3 aromatic rings. The number of hydrogen-bond acceptors (Lipinski definition) is 4. The van der Waals surface area contributed by atoms with Crippen LogP contribution < -0.4 is 5.32 Å². The Morgan fingerprint density at radius 2 is 2.00 bits per heavy atom. The number of hydrogen-bond donors (Lipinski definition) is 1. The molecule has 96 valence electrons. The summed E-state index contributed by atoms with van der Waals surface area (Å²) in [5.74, 6) is 0. The van der Waals surface area contributed by atoms with Crippen molar-refractivity contribution in [3.05, 3.63) is 58.0 Å². The van der Waals surface area contributed by atoms with Gasteiger partial charge in [-0.25, -0.2) is 0 Å². The quantitative estimate of drug-likeness (QED) is 0.792. The lowest BCUT2D eigenvalue weighted by Gasteiger charge is -2.17. The Morgan fingerprint density at radius 1 is 1.16 bits per heavy atom. The number of thiophene rings is 1. The van der Waals surface area contributed by atoms with Crippen LogP contribution in [0.1, 0.15) is 22.0 Å². The van der Waals surface area contributed by atoms with Gasteiger partial charge in [-0.3, -0.25) is 9.97 Å². The summed E-state index contributed by atoms with van der Waals surface area (Å²) < 4.78 is 0. The highest BCUT2D eigenvalue weighted by Crippen LogP contribution is 2.31. The van der Waals surface area contributed by atoms with E-state index in [0.717, 1.165) is 11.0 Å². The number of nitrogens with one attached hydrogen (secondary N) is 1. The predicted octanol–water partition coefficient (Wildman–Crippen LogP) is 3.31. The van der Waals surface area contributed by atoms with E-state index in [0.29, 0.717) is 0 Å². The molecule has 0 aliphatic heterocycles. The molecule has 2 heterocycles. The molecule has 4 heteroatoms. The monoisotopic (exact) mass is 269 g/mol. The fourth-order valence-electron chi connectivity index (χ4n) is 2.36. The molecular formula is C15H15N3S. The lowest BCUT2D eigenvalue weighted by atomic mass is 10.0. The van der Waals surface area contributed by atoms with E-state index in [1.54, 1.807) is 23.7 Å². The maximum Gasteiger partial charge on any atom is 0.0938 e. The van der Waals surface area contributed by atoms with Crippen LogP contribution in [0.3, 0.4) is 0 Å². The molecule has 0 bridgehead atoms. The first-order chi connectivity index (χ1) is 9.31. The van der Waals surface area contributed by atoms with E-state index in [-0.39, 0.29) is 6.04 Å². The van der Waals surface area contributed by atoms with Crippen molar-refractivity contribution >= 4 is 22.4 Å². The second-order valence-corrected chi connectivity index (χ2v) is 5.41. The highest BCUT2D eigenvalue weighted by Gasteiger charge is 2.18. The molecule has 3 rings (SSSR count). The summed E-state index contributed by atoms with van der Waals surface area (Å²) in [4.78, 5) is 10.2. The van der Waals surface area contributed by atoms with E-state index < -0.39 is 0 Å². The zero-order valence-corrected chi connectivity index (χ0v) is 11.7. The summed E-state index contributed by atoms with van der Waals surface area (Å²) >= 11 is 1.77. The summed E-state index contributed by atoms with van der Waals surface area (Å²) in [6.07, 6.45) is 3.48. The number of para-hydroxylation sites is 1. The summed E-state index contributed by atoms with van der Waals surface area (Å²) in [5, 5.41) is 5.53. The molecule has 0 saturated heterocycles. The van der Waals surface area contributed by atoms with E-state index in [9.17, 15) is 0 Å². The molecule has 0 fully saturated rings. The fourth-order valence-corrected chi connectivity index (χ4v) is 3.41. The molecule has 19 heavy (non-hydrogen) atoms. The summed E-state index contributed by atoms with van der Waals surface area (Å²) in [6.45, 7) is 2.15. The average Bonchev–Trinajstić information content (AvgIpc) is 2.86. The van der Waals surface area contributed by atoms with Crippen molar-refractivity contribution in [1.29, 1.82) is 0 Å².